The van der Waals surface area contributed by atoms with Gasteiger partial charge < -0.3 is 15.0 Å². The zero-order valence-electron chi connectivity index (χ0n) is 11.5. The lowest BCUT2D eigenvalue weighted by molar-refractivity contribution is -0.141. The highest BCUT2D eigenvalue weighted by Gasteiger charge is 2.35. The van der Waals surface area contributed by atoms with Crippen molar-refractivity contribution in [1.29, 1.82) is 0 Å². The van der Waals surface area contributed by atoms with Crippen LogP contribution in [0.5, 0.6) is 0 Å². The van der Waals surface area contributed by atoms with E-state index in [0.29, 0.717) is 30.3 Å². The molecule has 7 heteroatoms. The van der Waals surface area contributed by atoms with Crippen molar-refractivity contribution in [2.24, 2.45) is 0 Å². The van der Waals surface area contributed by atoms with Crippen molar-refractivity contribution >= 4 is 38.7 Å². The quantitative estimate of drug-likeness (QED) is 0.852. The molecule has 2 aromatic rings. The minimum atomic E-state index is -1.01. The lowest BCUT2D eigenvalue weighted by Gasteiger charge is -2.22. The minimum Gasteiger partial charge on any atom is -0.480 e. The maximum absolute atomic E-state index is 12.7. The number of aliphatic carboxylic acids is 1. The molecule has 0 aliphatic carbocycles. The number of carboxylic acid groups (broad SMARTS) is 1. The van der Waals surface area contributed by atoms with Crippen LogP contribution in [0.3, 0.4) is 0 Å². The van der Waals surface area contributed by atoms with E-state index in [0.717, 1.165) is 4.47 Å². The third-order valence-corrected chi connectivity index (χ3v) is 4.33. The minimum absolute atomic E-state index is 0.230. The number of amides is 1. The van der Waals surface area contributed by atoms with Crippen LogP contribution >= 0.6 is 15.9 Å². The zero-order valence-corrected chi connectivity index (χ0v) is 13.1. The van der Waals surface area contributed by atoms with Crippen molar-refractivity contribution in [2.75, 3.05) is 6.54 Å². The summed E-state index contributed by atoms with van der Waals surface area (Å²) < 4.78 is 0.775. The van der Waals surface area contributed by atoms with E-state index >= 15 is 0 Å². The number of hydrogen-bond donors (Lipinski definition) is 2. The number of rotatable bonds is 2. The van der Waals surface area contributed by atoms with Gasteiger partial charge >= 0.3 is 5.97 Å². The summed E-state index contributed by atoms with van der Waals surface area (Å²) in [5.41, 5.74) is 0.391. The fourth-order valence-corrected chi connectivity index (χ4v) is 3.19. The maximum Gasteiger partial charge on any atom is 0.326 e. The number of aromatic amines is 1. The zero-order chi connectivity index (χ0) is 15.9. The molecule has 0 spiro atoms. The Morgan fingerprint density at radius 2 is 2.09 bits per heavy atom. The number of aromatic nitrogens is 1. The summed E-state index contributed by atoms with van der Waals surface area (Å²) in [7, 11) is 0. The molecule has 3 rings (SSSR count). The molecule has 1 aliphatic heterocycles. The summed E-state index contributed by atoms with van der Waals surface area (Å²) in [6.45, 7) is 0.387. The van der Waals surface area contributed by atoms with Crippen LogP contribution in [0.1, 0.15) is 23.2 Å². The highest BCUT2D eigenvalue weighted by atomic mass is 79.9. The number of carbonyl (C=O) groups excluding carboxylic acids is 1. The average Bonchev–Trinajstić information content (AvgIpc) is 2.96. The van der Waals surface area contributed by atoms with Crippen LogP contribution in [0.15, 0.2) is 33.5 Å². The van der Waals surface area contributed by atoms with Crippen LogP contribution in [0, 0.1) is 0 Å². The Morgan fingerprint density at radius 1 is 1.32 bits per heavy atom. The third kappa shape index (κ3) is 2.52. The van der Waals surface area contributed by atoms with Gasteiger partial charge in [-0.25, -0.2) is 4.79 Å². The predicted molar refractivity (Wildman–Crippen MR) is 84.0 cm³/mol. The molecule has 0 bridgehead atoms. The summed E-state index contributed by atoms with van der Waals surface area (Å²) in [4.78, 5) is 39.8. The lowest BCUT2D eigenvalue weighted by Crippen LogP contribution is -2.40. The summed E-state index contributed by atoms with van der Waals surface area (Å²) >= 11 is 3.34. The molecule has 1 aromatic heterocycles. The largest absolute Gasteiger partial charge is 0.480 e. The van der Waals surface area contributed by atoms with Crippen LogP contribution in [0.25, 0.3) is 10.9 Å². The molecule has 6 nitrogen and oxygen atoms in total. The van der Waals surface area contributed by atoms with E-state index in [1.165, 1.54) is 11.0 Å². The number of hydrogen-bond acceptors (Lipinski definition) is 3. The van der Waals surface area contributed by atoms with Crippen LogP contribution in [-0.2, 0) is 4.79 Å². The number of H-pyrrole nitrogens is 1. The Hall–Kier alpha value is -2.15. The number of fused-ring (bicyclic) bond motifs is 1. The predicted octanol–water partition coefficient (Wildman–Crippen LogP) is 1.98. The lowest BCUT2D eigenvalue weighted by atomic mass is 10.1. The number of likely N-dealkylation sites (tertiary alicyclic amines) is 1. The van der Waals surface area contributed by atoms with E-state index in [-0.39, 0.29) is 11.1 Å². The van der Waals surface area contributed by atoms with Gasteiger partial charge in [0, 0.05) is 28.0 Å². The molecule has 1 amide bonds. The molecule has 0 radical (unpaired) electrons. The smallest absolute Gasteiger partial charge is 0.326 e. The molecule has 1 aromatic carbocycles. The summed E-state index contributed by atoms with van der Waals surface area (Å²) in [6.07, 6.45) is 1.08. The Balaban J connectivity index is 2.13. The van der Waals surface area contributed by atoms with Crippen LogP contribution in [0.2, 0.25) is 0 Å². The maximum atomic E-state index is 12.7. The molecule has 2 heterocycles. The molecule has 114 valence electrons. The third-order valence-electron chi connectivity index (χ3n) is 3.83. The van der Waals surface area contributed by atoms with Crippen LogP contribution < -0.4 is 5.56 Å². The molecule has 2 N–H and O–H groups in total. The number of carbonyl (C=O) groups is 2. The standard InChI is InChI=1S/C15H13BrN2O4/c16-8-3-4-11-9(6-8)10(7-13(19)17-11)14(20)18-5-1-2-12(18)15(21)22/h3-4,6-7,12H,1-2,5H2,(H,17,19)(H,21,22)/t12-/m0/s1. The number of nitrogens with one attached hydrogen (secondary N) is 1. The number of pyridine rings is 1. The van der Waals surface area contributed by atoms with Gasteiger partial charge in [0.2, 0.25) is 5.56 Å². The number of nitrogens with zero attached hydrogens (tertiary/aromatic N) is 1. The van der Waals surface area contributed by atoms with Gasteiger partial charge in [-0.05, 0) is 31.0 Å². The fourth-order valence-electron chi connectivity index (χ4n) is 2.82. The monoisotopic (exact) mass is 364 g/mol. The van der Waals surface area contributed by atoms with Crippen LogP contribution in [0.4, 0.5) is 0 Å². The van der Waals surface area contributed by atoms with Gasteiger partial charge in [0.1, 0.15) is 6.04 Å². The van der Waals surface area contributed by atoms with Gasteiger partial charge in [0.15, 0.2) is 0 Å². The van der Waals surface area contributed by atoms with Gasteiger partial charge in [-0.3, -0.25) is 9.59 Å². The Kier molecular flexibility index (Phi) is 3.74. The first-order valence-corrected chi connectivity index (χ1v) is 7.63. The highest BCUT2D eigenvalue weighted by Crippen LogP contribution is 2.25. The normalized spacial score (nSPS) is 17.9. The highest BCUT2D eigenvalue weighted by molar-refractivity contribution is 9.10. The molecule has 1 fully saturated rings. The van der Waals surface area contributed by atoms with Crippen molar-refractivity contribution in [3.05, 3.63) is 44.7 Å². The molecular weight excluding hydrogens is 352 g/mol. The topological polar surface area (TPSA) is 90.5 Å². The molecule has 0 saturated carbocycles. The van der Waals surface area contributed by atoms with E-state index < -0.39 is 17.9 Å². The van der Waals surface area contributed by atoms with E-state index in [2.05, 4.69) is 20.9 Å². The molecule has 1 atom stereocenters. The molecule has 22 heavy (non-hydrogen) atoms. The summed E-state index contributed by atoms with van der Waals surface area (Å²) in [5.74, 6) is -1.43. The SMILES string of the molecule is O=C(O)[C@@H]1CCCN1C(=O)c1cc(=O)[nH]c2ccc(Br)cc12. The van der Waals surface area contributed by atoms with E-state index in [4.69, 9.17) is 0 Å². The number of halogens is 1. The van der Waals surface area contributed by atoms with Gasteiger partial charge in [-0.15, -0.1) is 0 Å². The Bertz CT molecular complexity index is 830. The van der Waals surface area contributed by atoms with E-state index in [9.17, 15) is 19.5 Å². The van der Waals surface area contributed by atoms with Crippen molar-refractivity contribution in [2.45, 2.75) is 18.9 Å². The van der Waals surface area contributed by atoms with E-state index in [1.54, 1.807) is 18.2 Å². The number of carboxylic acids is 1. The molecular formula is C15H13BrN2O4. The van der Waals surface area contributed by atoms with Crippen molar-refractivity contribution in [3.63, 3.8) is 0 Å². The van der Waals surface area contributed by atoms with Crippen molar-refractivity contribution in [3.8, 4) is 0 Å². The van der Waals surface area contributed by atoms with Crippen LogP contribution in [-0.4, -0.2) is 39.5 Å². The fraction of sp³-hybridized carbons (Fsp3) is 0.267. The Labute approximate surface area is 133 Å². The number of benzene rings is 1. The first kappa shape index (κ1) is 14.8. The van der Waals surface area contributed by atoms with Crippen molar-refractivity contribution in [1.82, 2.24) is 9.88 Å². The van der Waals surface area contributed by atoms with E-state index in [1.807, 2.05) is 0 Å². The Morgan fingerprint density at radius 3 is 2.82 bits per heavy atom. The summed E-state index contributed by atoms with van der Waals surface area (Å²) in [5, 5.41) is 9.81. The van der Waals surface area contributed by atoms with Gasteiger partial charge in [0.25, 0.3) is 5.91 Å². The van der Waals surface area contributed by atoms with Gasteiger partial charge in [-0.1, -0.05) is 15.9 Å². The van der Waals surface area contributed by atoms with Crippen molar-refractivity contribution < 1.29 is 14.7 Å². The van der Waals surface area contributed by atoms with Gasteiger partial charge in [-0.2, -0.15) is 0 Å². The molecule has 0 unspecified atom stereocenters. The van der Waals surface area contributed by atoms with Gasteiger partial charge in [0.05, 0.1) is 5.56 Å². The molecule has 1 saturated heterocycles. The second kappa shape index (κ2) is 5.57. The molecule has 1 aliphatic rings. The second-order valence-corrected chi connectivity index (χ2v) is 6.15. The second-order valence-electron chi connectivity index (χ2n) is 5.23. The summed E-state index contributed by atoms with van der Waals surface area (Å²) in [6, 6.07) is 5.62. The first-order chi connectivity index (χ1) is 10.5. The first-order valence-electron chi connectivity index (χ1n) is 6.84. The average molecular weight is 365 g/mol.